The van der Waals surface area contributed by atoms with E-state index in [0.29, 0.717) is 6.54 Å². The topological polar surface area (TPSA) is 79.8 Å². The monoisotopic (exact) mass is 348 g/mol. The molecule has 0 bridgehead atoms. The van der Waals surface area contributed by atoms with Gasteiger partial charge in [-0.2, -0.15) is 5.10 Å². The van der Waals surface area contributed by atoms with Crippen molar-refractivity contribution in [1.29, 1.82) is 0 Å². The van der Waals surface area contributed by atoms with Gasteiger partial charge in [-0.15, -0.1) is 0 Å². The molecule has 1 aliphatic rings. The van der Waals surface area contributed by atoms with Crippen LogP contribution in [0.5, 0.6) is 0 Å². The highest BCUT2D eigenvalue weighted by Crippen LogP contribution is 2.27. The number of hydrogen-bond donors (Lipinski definition) is 2. The van der Waals surface area contributed by atoms with Gasteiger partial charge >= 0.3 is 0 Å². The molecule has 2 heterocycles. The quantitative estimate of drug-likeness (QED) is 0.759. The lowest BCUT2D eigenvalue weighted by molar-refractivity contribution is 0.0949. The number of para-hydroxylation sites is 1. The van der Waals surface area contributed by atoms with E-state index in [1.165, 1.54) is 11.3 Å². The van der Waals surface area contributed by atoms with Gasteiger partial charge in [-0.25, -0.2) is 4.68 Å². The van der Waals surface area contributed by atoms with Gasteiger partial charge in [-0.05, 0) is 56.0 Å². The molecule has 0 aliphatic heterocycles. The molecule has 4 rings (SSSR count). The molecule has 1 aromatic carbocycles. The second kappa shape index (κ2) is 6.63. The van der Waals surface area contributed by atoms with Crippen LogP contribution in [0.1, 0.15) is 39.4 Å². The van der Waals surface area contributed by atoms with Crippen LogP contribution >= 0.6 is 0 Å². The highest BCUT2D eigenvalue weighted by Gasteiger charge is 2.23. The van der Waals surface area contributed by atoms with E-state index in [1.807, 2.05) is 35.0 Å². The summed E-state index contributed by atoms with van der Waals surface area (Å²) < 4.78 is 1.97. The Morgan fingerprint density at radius 2 is 2.00 bits per heavy atom. The summed E-state index contributed by atoms with van der Waals surface area (Å²) in [5.74, 6) is -0.382. The molecule has 1 amide bonds. The number of benzene rings is 1. The third-order valence-corrected chi connectivity index (χ3v) is 4.73. The van der Waals surface area contributed by atoms with Crippen molar-refractivity contribution >= 4 is 5.91 Å². The van der Waals surface area contributed by atoms with Gasteiger partial charge in [0.05, 0.1) is 17.9 Å². The first-order valence-electron chi connectivity index (χ1n) is 8.76. The van der Waals surface area contributed by atoms with Gasteiger partial charge in [0.2, 0.25) is 0 Å². The number of amides is 1. The molecule has 132 valence electrons. The lowest BCUT2D eigenvalue weighted by Crippen LogP contribution is -2.29. The maximum absolute atomic E-state index is 12.4. The highest BCUT2D eigenvalue weighted by molar-refractivity contribution is 5.93. The number of carbonyl (C=O) groups is 1. The minimum absolute atomic E-state index is 0.120. The van der Waals surface area contributed by atoms with Crippen molar-refractivity contribution in [1.82, 2.24) is 20.1 Å². The molecular formula is C20H20N4O2. The normalized spacial score (nSPS) is 12.8. The average molecular weight is 348 g/mol. The number of rotatable bonds is 4. The second-order valence-electron chi connectivity index (χ2n) is 6.54. The minimum atomic E-state index is -0.382. The number of aryl methyl sites for hydroxylation is 1. The summed E-state index contributed by atoms with van der Waals surface area (Å²) in [5.41, 5.74) is 4.81. The van der Waals surface area contributed by atoms with Crippen LogP contribution in [0.25, 0.3) is 5.69 Å². The summed E-state index contributed by atoms with van der Waals surface area (Å²) in [4.78, 5) is 26.9. The van der Waals surface area contributed by atoms with Crippen LogP contribution in [0.15, 0.2) is 47.3 Å². The smallest absolute Gasteiger partial charge is 0.260 e. The molecule has 0 saturated carbocycles. The van der Waals surface area contributed by atoms with E-state index in [1.54, 1.807) is 19.1 Å². The molecule has 0 atom stereocenters. The molecule has 1 aliphatic carbocycles. The fraction of sp³-hybridized carbons (Fsp3) is 0.250. The maximum atomic E-state index is 12.4. The third kappa shape index (κ3) is 2.94. The molecule has 0 saturated heterocycles. The van der Waals surface area contributed by atoms with Crippen LogP contribution in [0.3, 0.4) is 0 Å². The Morgan fingerprint density at radius 3 is 2.77 bits per heavy atom. The lowest BCUT2D eigenvalue weighted by Gasteiger charge is -2.05. The molecule has 6 nitrogen and oxygen atoms in total. The van der Waals surface area contributed by atoms with E-state index in [2.05, 4.69) is 10.3 Å². The van der Waals surface area contributed by atoms with Gasteiger partial charge in [-0.3, -0.25) is 9.59 Å². The molecule has 2 aromatic heterocycles. The lowest BCUT2D eigenvalue weighted by atomic mass is 10.2. The van der Waals surface area contributed by atoms with Crippen molar-refractivity contribution in [2.24, 2.45) is 0 Å². The fourth-order valence-electron chi connectivity index (χ4n) is 3.45. The molecule has 0 fully saturated rings. The predicted molar refractivity (Wildman–Crippen MR) is 98.6 cm³/mol. The largest absolute Gasteiger partial charge is 0.346 e. The van der Waals surface area contributed by atoms with Crippen LogP contribution in [-0.2, 0) is 19.4 Å². The Hall–Kier alpha value is -3.15. The first-order valence-corrected chi connectivity index (χ1v) is 8.76. The fourth-order valence-corrected chi connectivity index (χ4v) is 3.45. The predicted octanol–water partition coefficient (Wildman–Crippen LogP) is 2.29. The number of aromatic nitrogens is 3. The van der Waals surface area contributed by atoms with Crippen molar-refractivity contribution in [3.63, 3.8) is 0 Å². The molecule has 6 heteroatoms. The third-order valence-electron chi connectivity index (χ3n) is 4.73. The molecule has 2 N–H and O–H groups in total. The Labute approximate surface area is 150 Å². The highest BCUT2D eigenvalue weighted by atomic mass is 16.2. The Bertz CT molecular complexity index is 1020. The molecule has 0 unspecified atom stereocenters. The number of fused-ring (bicyclic) bond motifs is 1. The van der Waals surface area contributed by atoms with E-state index >= 15 is 0 Å². The van der Waals surface area contributed by atoms with Crippen LogP contribution in [-0.4, -0.2) is 20.7 Å². The van der Waals surface area contributed by atoms with Gasteiger partial charge in [0.15, 0.2) is 0 Å². The summed E-state index contributed by atoms with van der Waals surface area (Å²) in [6.07, 6.45) is 3.06. The van der Waals surface area contributed by atoms with E-state index in [-0.39, 0.29) is 17.0 Å². The number of H-pyrrole nitrogens is 1. The molecule has 26 heavy (non-hydrogen) atoms. The zero-order chi connectivity index (χ0) is 18.1. The molecular weight excluding hydrogens is 328 g/mol. The number of nitrogens with zero attached hydrogens (tertiary/aromatic N) is 2. The molecule has 3 aromatic rings. The number of pyridine rings is 1. The van der Waals surface area contributed by atoms with Crippen molar-refractivity contribution < 1.29 is 4.79 Å². The van der Waals surface area contributed by atoms with Gasteiger partial charge in [0, 0.05) is 11.4 Å². The Kier molecular flexibility index (Phi) is 4.16. The van der Waals surface area contributed by atoms with Crippen molar-refractivity contribution in [2.45, 2.75) is 32.7 Å². The van der Waals surface area contributed by atoms with E-state index in [4.69, 9.17) is 5.10 Å². The number of carbonyl (C=O) groups excluding carboxylic acids is 1. The van der Waals surface area contributed by atoms with Crippen molar-refractivity contribution in [2.75, 3.05) is 0 Å². The summed E-state index contributed by atoms with van der Waals surface area (Å²) >= 11 is 0. The van der Waals surface area contributed by atoms with Crippen molar-refractivity contribution in [3.05, 3.63) is 81.0 Å². The SMILES string of the molecule is Cc1ccc(C(=O)NCc2nn(-c3ccccc3)c3c2CCC3)c(=O)[nH]1. The summed E-state index contributed by atoms with van der Waals surface area (Å²) in [6, 6.07) is 13.3. The Morgan fingerprint density at radius 1 is 1.19 bits per heavy atom. The first-order chi connectivity index (χ1) is 12.6. The number of nitrogens with one attached hydrogen (secondary N) is 2. The molecule has 0 radical (unpaired) electrons. The summed E-state index contributed by atoms with van der Waals surface area (Å²) in [5, 5.41) is 7.56. The maximum Gasteiger partial charge on any atom is 0.260 e. The van der Waals surface area contributed by atoms with Gasteiger partial charge < -0.3 is 10.3 Å². The van der Waals surface area contributed by atoms with Crippen LogP contribution < -0.4 is 10.9 Å². The summed E-state index contributed by atoms with van der Waals surface area (Å²) in [6.45, 7) is 2.09. The van der Waals surface area contributed by atoms with E-state index < -0.39 is 0 Å². The molecule has 0 spiro atoms. The summed E-state index contributed by atoms with van der Waals surface area (Å²) in [7, 11) is 0. The van der Waals surface area contributed by atoms with E-state index in [9.17, 15) is 9.59 Å². The Balaban J connectivity index is 1.58. The number of aromatic amines is 1. The van der Waals surface area contributed by atoms with Gasteiger partial charge in [0.1, 0.15) is 5.56 Å². The zero-order valence-electron chi connectivity index (χ0n) is 14.6. The standard InChI is InChI=1S/C20H20N4O2/c1-13-10-11-16(20(26)22-13)19(25)21-12-17-15-8-5-9-18(15)24(23-17)14-6-3-2-4-7-14/h2-4,6-7,10-11H,5,8-9,12H2,1H3,(H,21,25)(H,22,26). The van der Waals surface area contributed by atoms with Gasteiger partial charge in [-0.1, -0.05) is 18.2 Å². The second-order valence-corrected chi connectivity index (χ2v) is 6.54. The van der Waals surface area contributed by atoms with Crippen LogP contribution in [0.4, 0.5) is 0 Å². The van der Waals surface area contributed by atoms with E-state index in [0.717, 1.165) is 36.3 Å². The zero-order valence-corrected chi connectivity index (χ0v) is 14.6. The van der Waals surface area contributed by atoms with Crippen LogP contribution in [0.2, 0.25) is 0 Å². The van der Waals surface area contributed by atoms with Gasteiger partial charge in [0.25, 0.3) is 11.5 Å². The minimum Gasteiger partial charge on any atom is -0.346 e. The van der Waals surface area contributed by atoms with Crippen LogP contribution in [0, 0.1) is 6.92 Å². The van der Waals surface area contributed by atoms with Crippen molar-refractivity contribution in [3.8, 4) is 5.69 Å². The first kappa shape index (κ1) is 16.3. The average Bonchev–Trinajstić information content (AvgIpc) is 3.23. The number of hydrogen-bond acceptors (Lipinski definition) is 3.